The molecule has 8 nitrogen and oxygen atoms in total. The van der Waals surface area contributed by atoms with Gasteiger partial charge < -0.3 is 28.7 Å². The first kappa shape index (κ1) is 37.3. The Morgan fingerprint density at radius 1 is 0.735 bits per heavy atom. The van der Waals surface area contributed by atoms with Crippen LogP contribution in [-0.4, -0.2) is 56.5 Å². The lowest BCUT2D eigenvalue weighted by Crippen LogP contribution is -2.35. The van der Waals surface area contributed by atoms with E-state index in [0.717, 1.165) is 56.0 Å². The number of ketones is 1. The highest BCUT2D eigenvalue weighted by atomic mass is 35.5. The van der Waals surface area contributed by atoms with Gasteiger partial charge in [0.1, 0.15) is 23.9 Å². The number of carbonyl (C=O) groups excluding carboxylic acids is 2. The maximum absolute atomic E-state index is 13.4. The highest BCUT2D eigenvalue weighted by Crippen LogP contribution is 2.35. The number of nitrogens with zero attached hydrogens (tertiary/aromatic N) is 2. The van der Waals surface area contributed by atoms with Gasteiger partial charge in [0.15, 0.2) is 17.3 Å². The smallest absolute Gasteiger partial charge is 0.227 e. The van der Waals surface area contributed by atoms with Gasteiger partial charge in [-0.2, -0.15) is 0 Å². The molecule has 0 fully saturated rings. The molecular weight excluding hydrogens is 640 g/mol. The Morgan fingerprint density at radius 2 is 1.41 bits per heavy atom. The fourth-order valence-corrected chi connectivity index (χ4v) is 5.32. The minimum absolute atomic E-state index is 0.0760. The second kappa shape index (κ2) is 19.5. The fraction of sp³-hybridized carbons (Fsp3) is 0.350. The Labute approximate surface area is 295 Å². The molecular formula is C40H47ClN2O6. The maximum Gasteiger partial charge on any atom is 0.227 e. The highest BCUT2D eigenvalue weighted by molar-refractivity contribution is 6.30. The number of halogens is 1. The molecule has 260 valence electrons. The van der Waals surface area contributed by atoms with Crippen LogP contribution < -0.4 is 23.8 Å². The molecule has 0 unspecified atom stereocenters. The number of Topliss-reactive ketones (excluding diaryl/α,β-unsaturated/α-hetero) is 1. The third-order valence-corrected chi connectivity index (χ3v) is 8.38. The van der Waals surface area contributed by atoms with E-state index >= 15 is 0 Å². The first-order chi connectivity index (χ1) is 23.8. The van der Waals surface area contributed by atoms with Gasteiger partial charge in [0.25, 0.3) is 0 Å². The van der Waals surface area contributed by atoms with Crippen LogP contribution >= 0.6 is 11.6 Å². The van der Waals surface area contributed by atoms with Crippen molar-refractivity contribution in [3.8, 4) is 28.7 Å². The van der Waals surface area contributed by atoms with Crippen molar-refractivity contribution in [2.75, 3.05) is 44.8 Å². The molecule has 0 radical (unpaired) electrons. The lowest BCUT2D eigenvalue weighted by Gasteiger charge is -2.23. The second-order valence-corrected chi connectivity index (χ2v) is 12.0. The molecule has 0 spiro atoms. The molecule has 0 aromatic heterocycles. The number of methoxy groups -OCH3 is 1. The summed E-state index contributed by atoms with van der Waals surface area (Å²) in [5.74, 6) is 2.75. The third kappa shape index (κ3) is 11.5. The first-order valence-electron chi connectivity index (χ1n) is 16.9. The molecule has 0 heterocycles. The van der Waals surface area contributed by atoms with Gasteiger partial charge in [-0.15, -0.1) is 0 Å². The summed E-state index contributed by atoms with van der Waals surface area (Å²) in [7, 11) is 1.63. The Balaban J connectivity index is 1.41. The van der Waals surface area contributed by atoms with Crippen LogP contribution in [0.2, 0.25) is 5.02 Å². The van der Waals surface area contributed by atoms with Crippen LogP contribution in [0.25, 0.3) is 0 Å². The van der Waals surface area contributed by atoms with Gasteiger partial charge in [-0.05, 0) is 104 Å². The molecule has 0 atom stereocenters. The SMILES string of the molecule is CCCCC(=O)N(CC(=O)c1ccc(OCCCN(CC)CC)cc1)c1ccc(Oc2ccc(Cl)cc2OCc2ccc(OC)cc2)cc1. The van der Waals surface area contributed by atoms with Crippen molar-refractivity contribution in [2.45, 2.75) is 53.1 Å². The predicted molar refractivity (Wildman–Crippen MR) is 196 cm³/mol. The van der Waals surface area contributed by atoms with E-state index in [9.17, 15) is 9.59 Å². The van der Waals surface area contributed by atoms with Gasteiger partial charge in [-0.25, -0.2) is 0 Å². The van der Waals surface area contributed by atoms with Gasteiger partial charge >= 0.3 is 0 Å². The molecule has 0 aliphatic rings. The number of benzene rings is 4. The van der Waals surface area contributed by atoms with E-state index in [2.05, 4.69) is 18.7 Å². The lowest BCUT2D eigenvalue weighted by atomic mass is 10.1. The summed E-state index contributed by atoms with van der Waals surface area (Å²) in [6, 6.07) is 27.1. The minimum Gasteiger partial charge on any atom is -0.497 e. The largest absolute Gasteiger partial charge is 0.497 e. The molecule has 0 N–H and O–H groups in total. The van der Waals surface area contributed by atoms with E-state index in [4.69, 9.17) is 30.5 Å². The normalized spacial score (nSPS) is 10.9. The number of hydrogen-bond donors (Lipinski definition) is 0. The van der Waals surface area contributed by atoms with E-state index < -0.39 is 0 Å². The summed E-state index contributed by atoms with van der Waals surface area (Å²) < 4.78 is 23.4. The predicted octanol–water partition coefficient (Wildman–Crippen LogP) is 9.24. The average Bonchev–Trinajstić information content (AvgIpc) is 3.13. The van der Waals surface area contributed by atoms with Gasteiger partial charge in [0, 0.05) is 35.3 Å². The van der Waals surface area contributed by atoms with Crippen molar-refractivity contribution in [1.82, 2.24) is 4.90 Å². The quantitative estimate of drug-likeness (QED) is 0.0678. The van der Waals surface area contributed by atoms with Crippen LogP contribution in [0.5, 0.6) is 28.7 Å². The van der Waals surface area contributed by atoms with E-state index in [1.807, 2.05) is 43.3 Å². The van der Waals surface area contributed by atoms with Crippen molar-refractivity contribution in [3.63, 3.8) is 0 Å². The summed E-state index contributed by atoms with van der Waals surface area (Å²) in [5, 5.41) is 0.520. The van der Waals surface area contributed by atoms with E-state index in [1.165, 1.54) is 0 Å². The summed E-state index contributed by atoms with van der Waals surface area (Å²) in [6.07, 6.45) is 2.89. The number of rotatable bonds is 20. The van der Waals surface area contributed by atoms with Crippen molar-refractivity contribution in [1.29, 1.82) is 0 Å². The van der Waals surface area contributed by atoms with E-state index in [1.54, 1.807) is 66.6 Å². The van der Waals surface area contributed by atoms with E-state index in [0.29, 0.717) is 53.2 Å². The lowest BCUT2D eigenvalue weighted by molar-refractivity contribution is -0.118. The van der Waals surface area contributed by atoms with Gasteiger partial charge in [-0.3, -0.25) is 9.59 Å². The molecule has 0 aliphatic heterocycles. The van der Waals surface area contributed by atoms with Crippen LogP contribution in [0.4, 0.5) is 5.69 Å². The zero-order chi connectivity index (χ0) is 35.0. The fourth-order valence-electron chi connectivity index (χ4n) is 5.16. The molecule has 0 saturated heterocycles. The average molecular weight is 687 g/mol. The summed E-state index contributed by atoms with van der Waals surface area (Å²) in [5.41, 5.74) is 2.10. The number of amides is 1. The summed E-state index contributed by atoms with van der Waals surface area (Å²) in [6.45, 7) is 10.2. The van der Waals surface area contributed by atoms with Crippen molar-refractivity contribution < 1.29 is 28.5 Å². The van der Waals surface area contributed by atoms with Crippen LogP contribution in [0, 0.1) is 0 Å². The van der Waals surface area contributed by atoms with Crippen molar-refractivity contribution in [2.24, 2.45) is 0 Å². The van der Waals surface area contributed by atoms with Gasteiger partial charge in [-0.1, -0.05) is 50.9 Å². The van der Waals surface area contributed by atoms with E-state index in [-0.39, 0.29) is 18.2 Å². The molecule has 0 bridgehead atoms. The molecule has 4 rings (SSSR count). The number of carbonyl (C=O) groups is 2. The van der Waals surface area contributed by atoms with Gasteiger partial charge in [0.05, 0.1) is 20.3 Å². The third-order valence-electron chi connectivity index (χ3n) is 8.14. The molecule has 4 aromatic rings. The van der Waals surface area contributed by atoms with Crippen molar-refractivity contribution in [3.05, 3.63) is 107 Å². The molecule has 49 heavy (non-hydrogen) atoms. The van der Waals surface area contributed by atoms with Crippen LogP contribution in [0.3, 0.4) is 0 Å². The summed E-state index contributed by atoms with van der Waals surface area (Å²) in [4.78, 5) is 30.6. The Morgan fingerprint density at radius 3 is 2.06 bits per heavy atom. The zero-order valence-corrected chi connectivity index (χ0v) is 29.7. The van der Waals surface area contributed by atoms with Crippen LogP contribution in [-0.2, 0) is 11.4 Å². The molecule has 1 amide bonds. The second-order valence-electron chi connectivity index (χ2n) is 11.6. The van der Waals surface area contributed by atoms with Crippen LogP contribution in [0.15, 0.2) is 91.0 Å². The Hall–Kier alpha value is -4.53. The monoisotopic (exact) mass is 686 g/mol. The van der Waals surface area contributed by atoms with Gasteiger partial charge in [0.2, 0.25) is 5.91 Å². The van der Waals surface area contributed by atoms with Crippen molar-refractivity contribution >= 4 is 29.0 Å². The first-order valence-corrected chi connectivity index (χ1v) is 17.3. The Kier molecular flexibility index (Phi) is 14.8. The Bertz CT molecular complexity index is 1610. The molecule has 9 heteroatoms. The standard InChI is InChI=1S/C40H47ClN2O6/c1-5-8-10-40(45)43(28-37(44)31-13-20-35(21-14-31)47-26-9-25-42(6-2)7-3)33-16-22-36(23-17-33)49-38-24-15-32(41)27-39(38)48-29-30-11-18-34(46-4)19-12-30/h11-24,27H,5-10,25-26,28-29H2,1-4H3. The number of ether oxygens (including phenoxy) is 4. The van der Waals surface area contributed by atoms with Crippen LogP contribution in [0.1, 0.15) is 62.4 Å². The maximum atomic E-state index is 13.4. The molecule has 0 saturated carbocycles. The topological polar surface area (TPSA) is 77.5 Å². The highest BCUT2D eigenvalue weighted by Gasteiger charge is 2.20. The minimum atomic E-state index is -0.155. The number of anilines is 1. The number of hydrogen-bond acceptors (Lipinski definition) is 7. The number of unbranched alkanes of at least 4 members (excludes halogenated alkanes) is 1. The molecule has 0 aliphatic carbocycles. The zero-order valence-electron chi connectivity index (χ0n) is 29.0. The molecule has 4 aromatic carbocycles. The summed E-state index contributed by atoms with van der Waals surface area (Å²) >= 11 is 6.28.